The van der Waals surface area contributed by atoms with Crippen LogP contribution in [0.3, 0.4) is 0 Å². The molecule has 0 aliphatic carbocycles. The Labute approximate surface area is 168 Å². The maximum absolute atomic E-state index is 12.3. The number of methoxy groups -OCH3 is 1. The normalized spacial score (nSPS) is 12.8. The highest BCUT2D eigenvalue weighted by atomic mass is 35.5. The molecule has 0 fully saturated rings. The van der Waals surface area contributed by atoms with Crippen molar-refractivity contribution < 1.29 is 19.1 Å². The van der Waals surface area contributed by atoms with Gasteiger partial charge in [0.1, 0.15) is 0 Å². The lowest BCUT2D eigenvalue weighted by atomic mass is 10.0. The van der Waals surface area contributed by atoms with E-state index in [1.807, 2.05) is 37.3 Å². The van der Waals surface area contributed by atoms with Gasteiger partial charge >= 0.3 is 5.97 Å². The predicted octanol–water partition coefficient (Wildman–Crippen LogP) is 4.47. The molecule has 0 heterocycles. The second-order valence-corrected chi connectivity index (χ2v) is 6.89. The highest BCUT2D eigenvalue weighted by Crippen LogP contribution is 2.34. The van der Waals surface area contributed by atoms with E-state index in [0.717, 1.165) is 5.56 Å². The van der Waals surface area contributed by atoms with Gasteiger partial charge < -0.3 is 14.8 Å². The molecule has 144 valence electrons. The lowest BCUT2D eigenvalue weighted by Gasteiger charge is -2.17. The van der Waals surface area contributed by atoms with Crippen LogP contribution in [0.15, 0.2) is 42.5 Å². The van der Waals surface area contributed by atoms with Crippen molar-refractivity contribution in [1.29, 1.82) is 0 Å². The van der Waals surface area contributed by atoms with E-state index < -0.39 is 12.1 Å². The maximum atomic E-state index is 12.3. The highest BCUT2D eigenvalue weighted by Gasteiger charge is 2.21. The summed E-state index contributed by atoms with van der Waals surface area (Å²) in [5.41, 5.74) is 1.26. The molecule has 0 saturated heterocycles. The topological polar surface area (TPSA) is 64.6 Å². The number of halogens is 2. The molecule has 0 radical (unpaired) electrons. The average molecular weight is 410 g/mol. The Balaban J connectivity index is 1.93. The van der Waals surface area contributed by atoms with E-state index in [2.05, 4.69) is 5.32 Å². The molecule has 5 nitrogen and oxygen atoms in total. The number of hydrogen-bond donors (Lipinski definition) is 1. The molecule has 0 aromatic heterocycles. The SMILES string of the molecule is COc1c(Cl)cc(C(=O)O[C@H](C)C(=O)NC[C@H](C)c2ccccc2)cc1Cl. The number of ether oxygens (including phenoxy) is 2. The summed E-state index contributed by atoms with van der Waals surface area (Å²) in [6.07, 6.45) is -0.958. The predicted molar refractivity (Wildman–Crippen MR) is 106 cm³/mol. The van der Waals surface area contributed by atoms with Crippen molar-refractivity contribution in [3.8, 4) is 5.75 Å². The first-order valence-electron chi connectivity index (χ1n) is 8.40. The van der Waals surface area contributed by atoms with E-state index in [9.17, 15) is 9.59 Å². The number of amides is 1. The number of nitrogens with one attached hydrogen (secondary N) is 1. The zero-order chi connectivity index (χ0) is 20.0. The Morgan fingerprint density at radius 3 is 2.22 bits per heavy atom. The third kappa shape index (κ3) is 5.62. The van der Waals surface area contributed by atoms with Crippen LogP contribution in [-0.4, -0.2) is 31.6 Å². The van der Waals surface area contributed by atoms with Crippen LogP contribution in [0.4, 0.5) is 0 Å². The fourth-order valence-corrected chi connectivity index (χ4v) is 3.09. The van der Waals surface area contributed by atoms with E-state index in [1.54, 1.807) is 0 Å². The van der Waals surface area contributed by atoms with Crippen LogP contribution in [0.2, 0.25) is 10.0 Å². The summed E-state index contributed by atoms with van der Waals surface area (Å²) < 4.78 is 10.3. The van der Waals surface area contributed by atoms with E-state index in [1.165, 1.54) is 26.2 Å². The second kappa shape index (κ2) is 9.62. The van der Waals surface area contributed by atoms with Crippen molar-refractivity contribution in [3.63, 3.8) is 0 Å². The Bertz CT molecular complexity index is 788. The van der Waals surface area contributed by atoms with Crippen molar-refractivity contribution in [1.82, 2.24) is 5.32 Å². The molecule has 2 atom stereocenters. The van der Waals surface area contributed by atoms with Crippen molar-refractivity contribution in [2.45, 2.75) is 25.9 Å². The second-order valence-electron chi connectivity index (χ2n) is 6.08. The van der Waals surface area contributed by atoms with Crippen molar-refractivity contribution in [2.24, 2.45) is 0 Å². The molecule has 27 heavy (non-hydrogen) atoms. The van der Waals surface area contributed by atoms with Crippen LogP contribution >= 0.6 is 23.2 Å². The van der Waals surface area contributed by atoms with Gasteiger partial charge in [-0.1, -0.05) is 60.5 Å². The Hall–Kier alpha value is -2.24. The van der Waals surface area contributed by atoms with Crippen molar-refractivity contribution >= 4 is 35.1 Å². The molecule has 0 saturated carbocycles. The van der Waals surface area contributed by atoms with Crippen molar-refractivity contribution in [2.75, 3.05) is 13.7 Å². The summed E-state index contributed by atoms with van der Waals surface area (Å²) in [5, 5.41) is 3.16. The quantitative estimate of drug-likeness (QED) is 0.685. The largest absolute Gasteiger partial charge is 0.494 e. The number of benzene rings is 2. The number of carbonyl (C=O) groups is 2. The first-order chi connectivity index (χ1) is 12.8. The van der Waals surface area contributed by atoms with Gasteiger partial charge in [0.15, 0.2) is 11.9 Å². The van der Waals surface area contributed by atoms with Crippen LogP contribution in [-0.2, 0) is 9.53 Å². The minimum Gasteiger partial charge on any atom is -0.494 e. The minimum atomic E-state index is -0.958. The first-order valence-corrected chi connectivity index (χ1v) is 9.15. The van der Waals surface area contributed by atoms with Gasteiger partial charge in [-0.05, 0) is 30.5 Å². The Kier molecular flexibility index (Phi) is 7.51. The van der Waals surface area contributed by atoms with Gasteiger partial charge in [0.25, 0.3) is 5.91 Å². The first kappa shape index (κ1) is 21.1. The van der Waals surface area contributed by atoms with Crippen LogP contribution < -0.4 is 10.1 Å². The highest BCUT2D eigenvalue weighted by molar-refractivity contribution is 6.37. The molecular weight excluding hydrogens is 389 g/mol. The zero-order valence-corrected chi connectivity index (χ0v) is 16.8. The average Bonchev–Trinajstić information content (AvgIpc) is 2.66. The summed E-state index contributed by atoms with van der Waals surface area (Å²) in [5.74, 6) is -0.662. The third-order valence-electron chi connectivity index (χ3n) is 4.04. The summed E-state index contributed by atoms with van der Waals surface area (Å²) in [6.45, 7) is 3.95. The van der Waals surface area contributed by atoms with E-state index in [4.69, 9.17) is 32.7 Å². The van der Waals surface area contributed by atoms with Gasteiger partial charge in [0.2, 0.25) is 0 Å². The minimum absolute atomic E-state index is 0.136. The standard InChI is InChI=1S/C20H21Cl2NO4/c1-12(14-7-5-4-6-8-14)11-23-19(24)13(2)27-20(25)15-9-16(21)18(26-3)17(22)10-15/h4-10,12-13H,11H2,1-3H3,(H,23,24)/t12-,13+/m0/s1. The number of hydrogen-bond acceptors (Lipinski definition) is 4. The van der Waals surface area contributed by atoms with Gasteiger partial charge in [0, 0.05) is 6.54 Å². The zero-order valence-electron chi connectivity index (χ0n) is 15.3. The van der Waals surface area contributed by atoms with E-state index >= 15 is 0 Å². The molecule has 0 aliphatic rings. The summed E-state index contributed by atoms with van der Waals surface area (Å²) in [7, 11) is 1.42. The molecule has 0 spiro atoms. The Morgan fingerprint density at radius 1 is 1.07 bits per heavy atom. The fraction of sp³-hybridized carbons (Fsp3) is 0.300. The summed E-state index contributed by atoms with van der Waals surface area (Å²) in [4.78, 5) is 24.5. The van der Waals surface area contributed by atoms with Crippen LogP contribution in [0.5, 0.6) is 5.75 Å². The number of carbonyl (C=O) groups excluding carboxylic acids is 2. The molecule has 1 N–H and O–H groups in total. The van der Waals surface area contributed by atoms with E-state index in [-0.39, 0.29) is 33.2 Å². The molecule has 7 heteroatoms. The molecular formula is C20H21Cl2NO4. The van der Waals surface area contributed by atoms with E-state index in [0.29, 0.717) is 6.54 Å². The van der Waals surface area contributed by atoms with Gasteiger partial charge in [-0.3, -0.25) is 4.79 Å². The molecule has 0 unspecified atom stereocenters. The summed E-state index contributed by atoms with van der Waals surface area (Å²) in [6, 6.07) is 12.6. The Morgan fingerprint density at radius 2 is 1.67 bits per heavy atom. The number of esters is 1. The number of rotatable bonds is 7. The smallest absolute Gasteiger partial charge is 0.339 e. The fourth-order valence-electron chi connectivity index (χ4n) is 2.45. The molecule has 2 aromatic rings. The lowest BCUT2D eigenvalue weighted by molar-refractivity contribution is -0.129. The van der Waals surface area contributed by atoms with Gasteiger partial charge in [-0.25, -0.2) is 4.79 Å². The third-order valence-corrected chi connectivity index (χ3v) is 4.60. The van der Waals surface area contributed by atoms with Crippen LogP contribution in [0.25, 0.3) is 0 Å². The molecule has 0 bridgehead atoms. The molecule has 1 amide bonds. The summed E-state index contributed by atoms with van der Waals surface area (Å²) >= 11 is 12.0. The molecule has 2 aromatic carbocycles. The lowest BCUT2D eigenvalue weighted by Crippen LogP contribution is -2.37. The molecule has 2 rings (SSSR count). The van der Waals surface area contributed by atoms with Crippen LogP contribution in [0.1, 0.15) is 35.7 Å². The van der Waals surface area contributed by atoms with Crippen molar-refractivity contribution in [3.05, 3.63) is 63.6 Å². The monoisotopic (exact) mass is 409 g/mol. The molecule has 0 aliphatic heterocycles. The van der Waals surface area contributed by atoms with Gasteiger partial charge in [-0.15, -0.1) is 0 Å². The van der Waals surface area contributed by atoms with Gasteiger partial charge in [0.05, 0.1) is 22.7 Å². The van der Waals surface area contributed by atoms with Gasteiger partial charge in [-0.2, -0.15) is 0 Å². The maximum Gasteiger partial charge on any atom is 0.339 e. The van der Waals surface area contributed by atoms with Crippen LogP contribution in [0, 0.1) is 0 Å².